The fraction of sp³-hybridized carbons (Fsp3) is 0.369. The molecule has 0 radical (unpaired) electrons. The maximum Gasteiger partial charge on any atom is 0.253 e. The summed E-state index contributed by atoms with van der Waals surface area (Å²) in [4.78, 5) is 76.8. The van der Waals surface area contributed by atoms with Crippen molar-refractivity contribution in [3.63, 3.8) is 0 Å². The number of aliphatic hydroxyl groups excluding tert-OH is 5. The second kappa shape index (κ2) is 63.4. The number of aliphatic hydroxyl groups is 5. The lowest BCUT2D eigenvalue weighted by atomic mass is 10.1. The number of aryl methyl sites for hydroxylation is 5. The topological polar surface area (TPSA) is 326 Å². The van der Waals surface area contributed by atoms with Crippen molar-refractivity contribution in [2.75, 3.05) is 210 Å². The van der Waals surface area contributed by atoms with Crippen molar-refractivity contribution in [3.8, 4) is 0 Å². The molecule has 2 aliphatic rings. The number of carbonyl (C=O) groups is 5. The summed E-state index contributed by atoms with van der Waals surface area (Å²) in [5.74, 6) is -0.628. The molecule has 5 amide bonds. The summed E-state index contributed by atoms with van der Waals surface area (Å²) < 4.78 is 7.57. The van der Waals surface area contributed by atoms with Crippen molar-refractivity contribution < 1.29 is 49.5 Å². The molecule has 2 aliphatic heterocycles. The minimum absolute atomic E-state index is 0.00563. The van der Waals surface area contributed by atoms with Crippen molar-refractivity contribution in [2.45, 2.75) is 67.7 Å². The van der Waals surface area contributed by atoms with E-state index in [4.69, 9.17) is 48.7 Å². The number of anilines is 10. The SMILES string of the molecule is CCN(CC)CCNC(=O)c1cc(Br)ccc1Nc1ccc(I)cc1C.Cc1cc(I)ccc1Nc1ccc(Br)cc1C(=O)NCCN(CCO)CCO.Cc1cc(I)ccc1Nc1ccc(Cl)cc1C(=O)NCCN(CCO)CCO.Cc1cc(I)ccc1Nc1ccc(Cl)cc1C(=O)NCCN1CCCC1.Cc1cc(I)ccc1Nc1ccccc1C(=O)NCCCN1CCN(CCO)CC1. The van der Waals surface area contributed by atoms with E-state index in [-0.39, 0.29) is 62.6 Å². The molecule has 138 heavy (non-hydrogen) atoms. The highest BCUT2D eigenvalue weighted by Crippen LogP contribution is 2.34. The van der Waals surface area contributed by atoms with Crippen molar-refractivity contribution >= 4 is 254 Å². The fourth-order valence-corrected chi connectivity index (χ4v) is 19.4. The van der Waals surface area contributed by atoms with Crippen LogP contribution in [0.15, 0.2) is 197 Å². The smallest absolute Gasteiger partial charge is 0.253 e. The van der Waals surface area contributed by atoms with Gasteiger partial charge < -0.3 is 93.4 Å². The summed E-state index contributed by atoms with van der Waals surface area (Å²) in [7, 11) is 0. The van der Waals surface area contributed by atoms with Crippen molar-refractivity contribution in [1.29, 1.82) is 0 Å². The Bertz CT molecular complexity index is 5290. The molecule has 12 rings (SSSR count). The van der Waals surface area contributed by atoms with E-state index in [9.17, 15) is 24.0 Å². The van der Waals surface area contributed by atoms with Crippen molar-refractivity contribution in [3.05, 3.63) is 281 Å². The lowest BCUT2D eigenvalue weighted by Gasteiger charge is -2.34. The molecular weight excluding hydrogens is 2490 g/mol. The molecule has 15 N–H and O–H groups in total. The number of rotatable bonds is 43. The van der Waals surface area contributed by atoms with Crippen LogP contribution in [0.2, 0.25) is 10.0 Å². The molecule has 10 aromatic rings. The summed E-state index contributed by atoms with van der Waals surface area (Å²) in [6, 6.07) is 60.2. The number of hydrogen-bond acceptors (Lipinski definition) is 21. The maximum absolute atomic E-state index is 12.8. The monoisotopic (exact) mass is 2610 g/mol. The molecule has 0 bridgehead atoms. The Morgan fingerprint density at radius 1 is 0.312 bits per heavy atom. The summed E-state index contributed by atoms with van der Waals surface area (Å²) in [6.07, 6.45) is 3.44. The predicted octanol–water partition coefficient (Wildman–Crippen LogP) is 19.2. The number of likely N-dealkylation sites (tertiary alicyclic amines) is 1. The minimum Gasteiger partial charge on any atom is -0.395 e. The number of carbonyl (C=O) groups excluding carboxylic acids is 5. The van der Waals surface area contributed by atoms with Gasteiger partial charge >= 0.3 is 0 Å². The highest BCUT2D eigenvalue weighted by Gasteiger charge is 2.23. The first-order valence-corrected chi connectivity index (χ1v) is 53.9. The van der Waals surface area contributed by atoms with Gasteiger partial charge in [-0.2, -0.15) is 0 Å². The van der Waals surface area contributed by atoms with Crippen LogP contribution in [0.1, 0.15) is 113 Å². The van der Waals surface area contributed by atoms with Crippen LogP contribution in [0.5, 0.6) is 0 Å². The number of nitrogens with one attached hydrogen (secondary N) is 10. The molecule has 26 nitrogen and oxygen atoms in total. The second-order valence-corrected chi connectivity index (χ2v) is 41.9. The van der Waals surface area contributed by atoms with Crippen LogP contribution in [0.4, 0.5) is 56.9 Å². The van der Waals surface area contributed by atoms with Crippen LogP contribution in [-0.2, 0) is 0 Å². The van der Waals surface area contributed by atoms with Gasteiger partial charge in [0.15, 0.2) is 0 Å². The van der Waals surface area contributed by atoms with Gasteiger partial charge in [-0.05, 0) is 403 Å². The van der Waals surface area contributed by atoms with E-state index in [0.717, 1.165) is 180 Å². The normalized spacial score (nSPS) is 12.5. The van der Waals surface area contributed by atoms with Gasteiger partial charge in [-0.1, -0.05) is 81.0 Å². The first-order chi connectivity index (χ1) is 66.4. The number of halogens is 9. The zero-order chi connectivity index (χ0) is 100. The fourth-order valence-electron chi connectivity index (χ4n) is 15.1. The standard InChI is InChI=1S/C23H31IN4O2.C20H25BrIN3O3.C20H25BrIN3O.C20H25ClIN3O3.C20H23ClIN3O/c1-18-17-19(24)7-8-21(18)26-22-6-3-2-5-20(22)23(30)25-9-4-10-27-11-13-28(14-12-27)15-16-29;1-14-12-16(22)3-5-18(14)24-19-4-2-15(21)13-17(19)20(28)23-6-7-25(8-10-26)9-11-27;1-4-25(5-2)11-10-23-20(26)17-13-15(21)6-8-19(17)24-18-9-7-16(22)12-14(18)3;1-14-12-16(22)3-5-18(14)24-19-4-2-15(21)13-17(19)20(28)23-6-7-25(8-10-26)9-11-27;1-14-12-16(22)5-7-18(14)24-19-6-4-15(21)13-17(19)20(26)23-8-11-25-9-2-3-10-25/h2-3,5-8,17,26,29H,4,9-16H2,1H3,(H,25,30);2-5,12-13,24,26-27H,6-11H2,1H3,(H,23,28);6-9,12-13,24H,4-5,10-11H2,1-3H3,(H,23,26);2-5,12-13,24,26-27H,6-11H2,1H3,(H,23,28);4-7,12-13,24H,2-3,8-11H2,1H3,(H,23,26). The van der Waals surface area contributed by atoms with Crippen molar-refractivity contribution in [1.82, 2.24) is 56.0 Å². The molecule has 0 spiro atoms. The number of likely N-dealkylation sites (N-methyl/N-ethyl adjacent to an activating group) is 1. The van der Waals surface area contributed by atoms with E-state index in [1.165, 1.54) is 23.6 Å². The van der Waals surface area contributed by atoms with Crippen LogP contribution in [0, 0.1) is 52.5 Å². The Kier molecular flexibility index (Phi) is 53.6. The molecule has 0 unspecified atom stereocenters. The molecule has 0 saturated carbocycles. The maximum atomic E-state index is 12.8. The number of nitrogens with zero attached hydrogens (tertiary/aromatic N) is 6. The molecule has 10 aromatic carbocycles. The molecule has 744 valence electrons. The third kappa shape index (κ3) is 40.8. The van der Waals surface area contributed by atoms with Crippen LogP contribution in [-0.4, -0.2) is 268 Å². The van der Waals surface area contributed by atoms with Gasteiger partial charge in [0.1, 0.15) is 0 Å². The highest BCUT2D eigenvalue weighted by atomic mass is 127. The van der Waals surface area contributed by atoms with Crippen LogP contribution < -0.4 is 53.2 Å². The minimum atomic E-state index is -0.235. The van der Waals surface area contributed by atoms with Gasteiger partial charge in [0.2, 0.25) is 0 Å². The van der Waals surface area contributed by atoms with E-state index in [0.29, 0.717) is 116 Å². The Morgan fingerprint density at radius 2 is 0.594 bits per heavy atom. The van der Waals surface area contributed by atoms with Gasteiger partial charge in [-0.15, -0.1) is 0 Å². The quantitative estimate of drug-likeness (QED) is 0.0125. The molecule has 0 aromatic heterocycles. The van der Waals surface area contributed by atoms with E-state index in [1.807, 2.05) is 133 Å². The number of para-hydroxylation sites is 1. The van der Waals surface area contributed by atoms with E-state index >= 15 is 0 Å². The largest absolute Gasteiger partial charge is 0.395 e. The summed E-state index contributed by atoms with van der Waals surface area (Å²) >= 11 is 30.6. The Balaban J connectivity index is 0.000000212. The average Bonchev–Trinajstić information content (AvgIpc) is 0.897. The molecular formula is C103H129Br2Cl2I5N16O10. The number of hydrogen-bond donors (Lipinski definition) is 15. The summed E-state index contributed by atoms with van der Waals surface area (Å²) in [6.45, 7) is 32.2. The number of amides is 5. The number of β-amino-alcohol motifs (C(OH)–C–C–N with tert-alkyl or cyclic N) is 1. The summed E-state index contributed by atoms with van der Waals surface area (Å²) in [5.41, 5.74) is 17.1. The van der Waals surface area contributed by atoms with Crippen molar-refractivity contribution in [2.24, 2.45) is 0 Å². The van der Waals surface area contributed by atoms with Gasteiger partial charge in [0.05, 0.1) is 89.3 Å². The second-order valence-electron chi connectivity index (χ2n) is 32.9. The molecule has 0 atom stereocenters. The van der Waals surface area contributed by atoms with Crippen LogP contribution >= 0.6 is 168 Å². The molecule has 0 aliphatic carbocycles. The lowest BCUT2D eigenvalue weighted by Crippen LogP contribution is -2.47. The number of piperazine rings is 1. The molecule has 2 fully saturated rings. The Hall–Kier alpha value is -6.70. The zero-order valence-corrected chi connectivity index (χ0v) is 94.7. The van der Waals surface area contributed by atoms with Crippen LogP contribution in [0.3, 0.4) is 0 Å². The van der Waals surface area contributed by atoms with E-state index in [1.54, 1.807) is 36.4 Å². The van der Waals surface area contributed by atoms with Gasteiger partial charge in [-0.25, -0.2) is 0 Å². The number of benzene rings is 10. The lowest BCUT2D eigenvalue weighted by molar-refractivity contribution is 0.0936. The third-order valence-corrected chi connectivity index (χ3v) is 27.6. The highest BCUT2D eigenvalue weighted by molar-refractivity contribution is 14.1. The predicted molar refractivity (Wildman–Crippen MR) is 614 cm³/mol. The summed E-state index contributed by atoms with van der Waals surface area (Å²) in [5, 5.41) is 78.1. The molecule has 2 saturated heterocycles. The first kappa shape index (κ1) is 117. The first-order valence-electron chi connectivity index (χ1n) is 46.1. The molecule has 2 heterocycles. The van der Waals surface area contributed by atoms with Crippen LogP contribution in [0.25, 0.3) is 0 Å². The van der Waals surface area contributed by atoms with Gasteiger partial charge in [0, 0.05) is 183 Å². The van der Waals surface area contributed by atoms with E-state index in [2.05, 4.69) is 295 Å². The Morgan fingerprint density at radius 3 is 0.928 bits per heavy atom. The third-order valence-electron chi connectivity index (χ3n) is 22.8. The van der Waals surface area contributed by atoms with E-state index < -0.39 is 0 Å². The Labute approximate surface area is 908 Å². The zero-order valence-electron chi connectivity index (χ0n) is 79.2. The van der Waals surface area contributed by atoms with Gasteiger partial charge in [-0.3, -0.25) is 38.7 Å². The molecule has 35 heteroatoms. The van der Waals surface area contributed by atoms with Gasteiger partial charge in [0.25, 0.3) is 29.5 Å². The average molecular weight is 2620 g/mol.